The predicted molar refractivity (Wildman–Crippen MR) is 44.1 cm³/mol. The molecule has 1 N–H and O–H groups in total. The molecule has 0 aromatic carbocycles. The number of carbonyl (C=O) groups excluding carboxylic acids is 1. The van der Waals surface area contributed by atoms with Crippen molar-refractivity contribution in [1.29, 1.82) is 0 Å². The maximum absolute atomic E-state index is 11.0. The molecule has 0 aliphatic carbocycles. The summed E-state index contributed by atoms with van der Waals surface area (Å²) in [6.07, 6.45) is 2.71. The Morgan fingerprint density at radius 2 is 2.27 bits per heavy atom. The summed E-state index contributed by atoms with van der Waals surface area (Å²) in [7, 11) is 1.73. The second-order valence-corrected chi connectivity index (χ2v) is 2.23. The Morgan fingerprint density at radius 1 is 1.64 bits per heavy atom. The van der Waals surface area contributed by atoms with Crippen LogP contribution >= 0.6 is 0 Å². The molecule has 0 aliphatic rings. The summed E-state index contributed by atoms with van der Waals surface area (Å²) in [5.74, 6) is -0.249. The fourth-order valence-corrected chi connectivity index (χ4v) is 0.641. The van der Waals surface area contributed by atoms with Gasteiger partial charge in [-0.25, -0.2) is 4.79 Å². The van der Waals surface area contributed by atoms with Gasteiger partial charge in [-0.05, 0) is 20.4 Å². The molecule has 11 heavy (non-hydrogen) atoms. The number of allylic oxidation sites excluding steroid dienone is 1. The molecule has 0 saturated heterocycles. The van der Waals surface area contributed by atoms with Crippen molar-refractivity contribution in [2.24, 2.45) is 0 Å². The van der Waals surface area contributed by atoms with E-state index in [1.54, 1.807) is 14.0 Å². The van der Waals surface area contributed by atoms with Gasteiger partial charge in [0.15, 0.2) is 0 Å². The molecular weight excluding hydrogens is 142 g/mol. The normalized spacial score (nSPS) is 11.4. The Kier molecular flexibility index (Phi) is 5.47. The summed E-state index contributed by atoms with van der Waals surface area (Å²) in [5.41, 5.74) is 0.669. The lowest BCUT2D eigenvalue weighted by Crippen LogP contribution is -2.16. The predicted octanol–water partition coefficient (Wildman–Crippen LogP) is 1.06. The fourth-order valence-electron chi connectivity index (χ4n) is 0.641. The number of rotatable bonds is 4. The van der Waals surface area contributed by atoms with Crippen LogP contribution in [0, 0.1) is 0 Å². The second-order valence-electron chi connectivity index (χ2n) is 2.23. The molecule has 3 nitrogen and oxygen atoms in total. The fraction of sp³-hybridized carbons (Fsp3) is 0.625. The van der Waals surface area contributed by atoms with Crippen molar-refractivity contribution in [2.75, 3.05) is 13.8 Å². The largest absolute Gasteiger partial charge is 0.446 e. The van der Waals surface area contributed by atoms with E-state index in [1.807, 2.05) is 13.0 Å². The Morgan fingerprint density at radius 3 is 2.73 bits per heavy atom. The van der Waals surface area contributed by atoms with Gasteiger partial charge < -0.3 is 4.74 Å². The van der Waals surface area contributed by atoms with Crippen LogP contribution in [0.15, 0.2) is 11.6 Å². The number of hydrogen-bond donors (Lipinski definition) is 1. The molecule has 0 aromatic heterocycles. The second kappa shape index (κ2) is 5.92. The molecule has 0 aliphatic heterocycles. The number of nitrogens with one attached hydrogen (secondary N) is 1. The number of carbonyl (C=O) groups is 1. The van der Waals surface area contributed by atoms with Gasteiger partial charge in [-0.15, -0.1) is 0 Å². The van der Waals surface area contributed by atoms with Crippen molar-refractivity contribution in [3.05, 3.63) is 11.6 Å². The van der Waals surface area contributed by atoms with Crippen LogP contribution in [0.5, 0.6) is 0 Å². The van der Waals surface area contributed by atoms with Crippen LogP contribution in [-0.4, -0.2) is 19.7 Å². The molecule has 0 bridgehead atoms. The maximum atomic E-state index is 11.0. The highest BCUT2D eigenvalue weighted by molar-refractivity contribution is 5.87. The van der Waals surface area contributed by atoms with Gasteiger partial charge in [0.2, 0.25) is 0 Å². The highest BCUT2D eigenvalue weighted by atomic mass is 16.5. The molecule has 0 saturated carbocycles. The highest BCUT2D eigenvalue weighted by Gasteiger charge is 2.02. The SMILES string of the molecule is CC/C=C(\C)C(=O)OCNC. The minimum absolute atomic E-state index is 0.249. The van der Waals surface area contributed by atoms with Crippen molar-refractivity contribution >= 4 is 5.97 Å². The number of ether oxygens (including phenoxy) is 1. The molecule has 0 aromatic rings. The first-order valence-corrected chi connectivity index (χ1v) is 3.70. The first-order valence-electron chi connectivity index (χ1n) is 3.70. The van der Waals surface area contributed by atoms with Crippen LogP contribution in [0.2, 0.25) is 0 Å². The Hall–Kier alpha value is -0.830. The first kappa shape index (κ1) is 10.2. The Labute approximate surface area is 67.4 Å². The molecule has 0 unspecified atom stereocenters. The number of esters is 1. The van der Waals surface area contributed by atoms with Crippen LogP contribution < -0.4 is 5.32 Å². The summed E-state index contributed by atoms with van der Waals surface area (Å²) in [5, 5.41) is 2.73. The third kappa shape index (κ3) is 4.56. The molecular formula is C8H15NO2. The van der Waals surface area contributed by atoms with Gasteiger partial charge in [0.1, 0.15) is 6.73 Å². The molecule has 0 heterocycles. The van der Waals surface area contributed by atoms with Crippen LogP contribution in [0.4, 0.5) is 0 Å². The average Bonchev–Trinajstić information content (AvgIpc) is 2.00. The van der Waals surface area contributed by atoms with E-state index in [0.717, 1.165) is 6.42 Å². The zero-order valence-electron chi connectivity index (χ0n) is 7.31. The van der Waals surface area contributed by atoms with Gasteiger partial charge in [-0.3, -0.25) is 5.32 Å². The average molecular weight is 157 g/mol. The van der Waals surface area contributed by atoms with E-state index in [-0.39, 0.29) is 12.7 Å². The standard InChI is InChI=1S/C8H15NO2/c1-4-5-7(2)8(10)11-6-9-3/h5,9H,4,6H2,1-3H3/b7-5+. The van der Waals surface area contributed by atoms with Crippen molar-refractivity contribution in [3.8, 4) is 0 Å². The van der Waals surface area contributed by atoms with E-state index in [1.165, 1.54) is 0 Å². The van der Waals surface area contributed by atoms with Gasteiger partial charge in [-0.1, -0.05) is 13.0 Å². The van der Waals surface area contributed by atoms with Gasteiger partial charge in [0, 0.05) is 5.57 Å². The minimum Gasteiger partial charge on any atom is -0.446 e. The third-order valence-corrected chi connectivity index (χ3v) is 1.18. The summed E-state index contributed by atoms with van der Waals surface area (Å²) in [4.78, 5) is 11.0. The van der Waals surface area contributed by atoms with E-state index >= 15 is 0 Å². The highest BCUT2D eigenvalue weighted by Crippen LogP contribution is 1.97. The first-order chi connectivity index (χ1) is 5.22. The van der Waals surface area contributed by atoms with Gasteiger partial charge in [0.05, 0.1) is 0 Å². The van der Waals surface area contributed by atoms with Crippen LogP contribution in [0.3, 0.4) is 0 Å². The zero-order chi connectivity index (χ0) is 8.69. The van der Waals surface area contributed by atoms with Gasteiger partial charge in [0.25, 0.3) is 0 Å². The summed E-state index contributed by atoms with van der Waals surface area (Å²) >= 11 is 0. The minimum atomic E-state index is -0.249. The van der Waals surface area contributed by atoms with Crippen molar-refractivity contribution in [2.45, 2.75) is 20.3 Å². The summed E-state index contributed by atoms with van der Waals surface area (Å²) in [6, 6.07) is 0. The Balaban J connectivity index is 3.73. The molecule has 0 atom stereocenters. The lowest BCUT2D eigenvalue weighted by atomic mass is 10.2. The van der Waals surface area contributed by atoms with Crippen molar-refractivity contribution in [1.82, 2.24) is 5.32 Å². The smallest absolute Gasteiger partial charge is 0.334 e. The van der Waals surface area contributed by atoms with Gasteiger partial charge >= 0.3 is 5.97 Å². The van der Waals surface area contributed by atoms with E-state index in [4.69, 9.17) is 4.74 Å². The van der Waals surface area contributed by atoms with E-state index in [2.05, 4.69) is 5.32 Å². The monoisotopic (exact) mass is 157 g/mol. The van der Waals surface area contributed by atoms with E-state index in [9.17, 15) is 4.79 Å². The number of hydrogen-bond acceptors (Lipinski definition) is 3. The zero-order valence-corrected chi connectivity index (χ0v) is 7.31. The summed E-state index contributed by atoms with van der Waals surface area (Å²) in [6.45, 7) is 4.00. The topological polar surface area (TPSA) is 38.3 Å². The molecule has 0 fully saturated rings. The molecule has 64 valence electrons. The van der Waals surface area contributed by atoms with Crippen LogP contribution in [0.25, 0.3) is 0 Å². The molecule has 0 spiro atoms. The molecule has 0 radical (unpaired) electrons. The maximum Gasteiger partial charge on any atom is 0.334 e. The molecule has 3 heteroatoms. The van der Waals surface area contributed by atoms with E-state index < -0.39 is 0 Å². The quantitative estimate of drug-likeness (QED) is 0.377. The van der Waals surface area contributed by atoms with Crippen LogP contribution in [0.1, 0.15) is 20.3 Å². The van der Waals surface area contributed by atoms with Crippen molar-refractivity contribution < 1.29 is 9.53 Å². The third-order valence-electron chi connectivity index (χ3n) is 1.18. The summed E-state index contributed by atoms with van der Waals surface area (Å²) < 4.78 is 4.79. The Bertz CT molecular complexity index is 152. The molecule has 0 amide bonds. The lowest BCUT2D eigenvalue weighted by Gasteiger charge is -2.02. The molecule has 0 rings (SSSR count). The van der Waals surface area contributed by atoms with Gasteiger partial charge in [-0.2, -0.15) is 0 Å². The van der Waals surface area contributed by atoms with Crippen LogP contribution in [-0.2, 0) is 9.53 Å². The van der Waals surface area contributed by atoms with Crippen molar-refractivity contribution in [3.63, 3.8) is 0 Å². The van der Waals surface area contributed by atoms with E-state index in [0.29, 0.717) is 5.57 Å². The lowest BCUT2D eigenvalue weighted by molar-refractivity contribution is -0.139.